The Morgan fingerprint density at radius 1 is 1.40 bits per heavy atom. The largest absolute Gasteiger partial charge is 0.490 e. The number of aliphatic imine (C=N–C) groups is 1. The van der Waals surface area contributed by atoms with E-state index in [4.69, 9.17) is 9.84 Å². The maximum atomic E-state index is 14.2. The van der Waals surface area contributed by atoms with Gasteiger partial charge in [0, 0.05) is 19.7 Å². The molecule has 0 radical (unpaired) electrons. The number of aliphatic hydroxyl groups is 1. The van der Waals surface area contributed by atoms with Crippen LogP contribution in [0, 0.1) is 17.7 Å². The summed E-state index contributed by atoms with van der Waals surface area (Å²) >= 11 is 0. The van der Waals surface area contributed by atoms with Gasteiger partial charge in [-0.15, -0.1) is 0 Å². The minimum absolute atomic E-state index is 0.103. The van der Waals surface area contributed by atoms with Gasteiger partial charge in [-0.1, -0.05) is 13.0 Å². The van der Waals surface area contributed by atoms with Crippen molar-refractivity contribution in [1.82, 2.24) is 10.6 Å². The molecule has 0 bridgehead atoms. The minimum Gasteiger partial charge on any atom is -0.490 e. The molecule has 0 amide bonds. The van der Waals surface area contributed by atoms with E-state index >= 15 is 0 Å². The van der Waals surface area contributed by atoms with Crippen LogP contribution in [0.3, 0.4) is 0 Å². The van der Waals surface area contributed by atoms with Crippen molar-refractivity contribution in [3.8, 4) is 5.75 Å². The molecule has 0 aromatic heterocycles. The number of rotatable bonds is 9. The predicted molar refractivity (Wildman–Crippen MR) is 98.4 cm³/mol. The summed E-state index contributed by atoms with van der Waals surface area (Å²) in [6.45, 7) is 7.85. The zero-order valence-electron chi connectivity index (χ0n) is 15.4. The molecule has 5 nitrogen and oxygen atoms in total. The van der Waals surface area contributed by atoms with Gasteiger partial charge in [-0.25, -0.2) is 4.39 Å². The van der Waals surface area contributed by atoms with Crippen LogP contribution in [0.2, 0.25) is 0 Å². The molecule has 1 aliphatic carbocycles. The van der Waals surface area contributed by atoms with Crippen LogP contribution >= 0.6 is 0 Å². The molecule has 25 heavy (non-hydrogen) atoms. The van der Waals surface area contributed by atoms with Crippen molar-refractivity contribution in [2.45, 2.75) is 39.7 Å². The lowest BCUT2D eigenvalue weighted by Crippen LogP contribution is -2.39. The van der Waals surface area contributed by atoms with Crippen molar-refractivity contribution in [2.24, 2.45) is 16.8 Å². The van der Waals surface area contributed by atoms with Gasteiger partial charge in [0.2, 0.25) is 0 Å². The Kier molecular flexibility index (Phi) is 7.50. The number of guanidine groups is 1. The molecule has 2 unspecified atom stereocenters. The fourth-order valence-electron chi connectivity index (χ4n) is 2.31. The molecular formula is C19H30FN3O2. The lowest BCUT2D eigenvalue weighted by atomic mass is 10.1. The van der Waals surface area contributed by atoms with Crippen LogP contribution in [0.4, 0.5) is 4.39 Å². The molecule has 6 heteroatoms. The Hall–Kier alpha value is -1.82. The monoisotopic (exact) mass is 351 g/mol. The van der Waals surface area contributed by atoms with Gasteiger partial charge in [0.1, 0.15) is 0 Å². The van der Waals surface area contributed by atoms with Crippen LogP contribution in [-0.4, -0.2) is 37.4 Å². The second-order valence-corrected chi connectivity index (χ2v) is 6.82. The van der Waals surface area contributed by atoms with Gasteiger partial charge in [-0.05, 0) is 56.2 Å². The zero-order chi connectivity index (χ0) is 18.2. The highest BCUT2D eigenvalue weighted by molar-refractivity contribution is 5.80. The fourth-order valence-corrected chi connectivity index (χ4v) is 2.31. The summed E-state index contributed by atoms with van der Waals surface area (Å²) in [6.07, 6.45) is 2.37. The van der Waals surface area contributed by atoms with E-state index in [0.29, 0.717) is 30.8 Å². The van der Waals surface area contributed by atoms with Gasteiger partial charge < -0.3 is 20.5 Å². The first-order chi connectivity index (χ1) is 12.0. The predicted octanol–water partition coefficient (Wildman–Crippen LogP) is 2.86. The number of hydrogen-bond acceptors (Lipinski definition) is 3. The van der Waals surface area contributed by atoms with Crippen LogP contribution in [0.1, 0.15) is 45.2 Å². The van der Waals surface area contributed by atoms with Crippen LogP contribution in [-0.2, 0) is 0 Å². The summed E-state index contributed by atoms with van der Waals surface area (Å²) in [5, 5.41) is 15.5. The van der Waals surface area contributed by atoms with Crippen molar-refractivity contribution < 1.29 is 14.2 Å². The molecule has 2 atom stereocenters. The Labute approximate surface area is 149 Å². The summed E-state index contributed by atoms with van der Waals surface area (Å²) < 4.78 is 19.8. The van der Waals surface area contributed by atoms with E-state index in [9.17, 15) is 4.39 Å². The van der Waals surface area contributed by atoms with Gasteiger partial charge in [0.15, 0.2) is 17.5 Å². The highest BCUT2D eigenvalue weighted by Gasteiger charge is 2.22. The highest BCUT2D eigenvalue weighted by atomic mass is 19.1. The van der Waals surface area contributed by atoms with Crippen LogP contribution in [0.25, 0.3) is 0 Å². The number of nitrogens with one attached hydrogen (secondary N) is 2. The summed E-state index contributed by atoms with van der Waals surface area (Å²) in [7, 11) is 0. The molecule has 1 fully saturated rings. The summed E-state index contributed by atoms with van der Waals surface area (Å²) in [4.78, 5) is 4.46. The third-order valence-electron chi connectivity index (χ3n) is 4.20. The average molecular weight is 351 g/mol. The van der Waals surface area contributed by atoms with Crippen LogP contribution < -0.4 is 15.4 Å². The Balaban J connectivity index is 1.96. The highest BCUT2D eigenvalue weighted by Crippen LogP contribution is 2.30. The van der Waals surface area contributed by atoms with E-state index in [0.717, 1.165) is 12.1 Å². The molecule has 0 saturated heterocycles. The standard InChI is InChI=1S/C19H30FN3O2/c1-4-21-19(22-10-13(2)11-24)23-14(3)16-7-8-18(17(20)9-16)25-12-15-5-6-15/h7-9,13-15,24H,4-6,10-12H2,1-3H3,(H2,21,22,23). The maximum absolute atomic E-state index is 14.2. The molecule has 0 aliphatic heterocycles. The van der Waals surface area contributed by atoms with E-state index in [1.165, 1.54) is 18.9 Å². The Morgan fingerprint density at radius 2 is 2.16 bits per heavy atom. The molecule has 1 aliphatic rings. The summed E-state index contributed by atoms with van der Waals surface area (Å²) in [5.41, 5.74) is 0.831. The first-order valence-corrected chi connectivity index (χ1v) is 9.11. The smallest absolute Gasteiger partial charge is 0.191 e. The second-order valence-electron chi connectivity index (χ2n) is 6.82. The fraction of sp³-hybridized carbons (Fsp3) is 0.632. The molecule has 1 aromatic carbocycles. The second kappa shape index (κ2) is 9.61. The molecule has 1 saturated carbocycles. The Bertz CT molecular complexity index is 576. The van der Waals surface area contributed by atoms with Crippen molar-refractivity contribution in [3.05, 3.63) is 29.6 Å². The van der Waals surface area contributed by atoms with E-state index in [-0.39, 0.29) is 24.4 Å². The maximum Gasteiger partial charge on any atom is 0.191 e. The third kappa shape index (κ3) is 6.53. The molecule has 140 valence electrons. The lowest BCUT2D eigenvalue weighted by Gasteiger charge is -2.19. The normalized spacial score (nSPS) is 17.1. The molecule has 0 spiro atoms. The quantitative estimate of drug-likeness (QED) is 0.473. The first-order valence-electron chi connectivity index (χ1n) is 9.11. The van der Waals surface area contributed by atoms with E-state index in [2.05, 4.69) is 15.6 Å². The average Bonchev–Trinajstić information content (AvgIpc) is 3.42. The Morgan fingerprint density at radius 3 is 2.76 bits per heavy atom. The number of ether oxygens (including phenoxy) is 1. The number of nitrogens with zero attached hydrogens (tertiary/aromatic N) is 1. The molecule has 3 N–H and O–H groups in total. The molecule has 2 rings (SSSR count). The lowest BCUT2D eigenvalue weighted by molar-refractivity contribution is 0.241. The number of halogens is 1. The van der Waals surface area contributed by atoms with Gasteiger partial charge in [0.25, 0.3) is 0 Å². The molecule has 0 heterocycles. The van der Waals surface area contributed by atoms with Crippen molar-refractivity contribution >= 4 is 5.96 Å². The summed E-state index contributed by atoms with van der Waals surface area (Å²) in [6, 6.07) is 4.99. The van der Waals surface area contributed by atoms with Gasteiger partial charge in [-0.2, -0.15) is 0 Å². The molecule has 1 aromatic rings. The SMILES string of the molecule is CCNC(=NCC(C)CO)NC(C)c1ccc(OCC2CC2)c(F)c1. The van der Waals surface area contributed by atoms with Gasteiger partial charge in [0.05, 0.1) is 12.6 Å². The van der Waals surface area contributed by atoms with E-state index in [1.54, 1.807) is 6.07 Å². The topological polar surface area (TPSA) is 65.9 Å². The van der Waals surface area contributed by atoms with Crippen molar-refractivity contribution in [3.63, 3.8) is 0 Å². The number of aliphatic hydroxyl groups excluding tert-OH is 1. The van der Waals surface area contributed by atoms with Crippen molar-refractivity contribution in [1.29, 1.82) is 0 Å². The zero-order valence-corrected chi connectivity index (χ0v) is 15.4. The van der Waals surface area contributed by atoms with Crippen molar-refractivity contribution in [2.75, 3.05) is 26.3 Å². The number of benzene rings is 1. The van der Waals surface area contributed by atoms with Crippen LogP contribution in [0.15, 0.2) is 23.2 Å². The third-order valence-corrected chi connectivity index (χ3v) is 4.20. The molecular weight excluding hydrogens is 321 g/mol. The summed E-state index contributed by atoms with van der Waals surface area (Å²) in [5.74, 6) is 1.35. The van der Waals surface area contributed by atoms with E-state index < -0.39 is 0 Å². The van der Waals surface area contributed by atoms with E-state index in [1.807, 2.05) is 26.8 Å². The van der Waals surface area contributed by atoms with Gasteiger partial charge in [-0.3, -0.25) is 4.99 Å². The minimum atomic E-state index is -0.331. The number of hydrogen-bond donors (Lipinski definition) is 3. The van der Waals surface area contributed by atoms with Gasteiger partial charge >= 0.3 is 0 Å². The first kappa shape index (κ1) is 19.5. The van der Waals surface area contributed by atoms with Crippen LogP contribution in [0.5, 0.6) is 5.75 Å².